The van der Waals surface area contributed by atoms with Gasteiger partial charge in [-0.15, -0.1) is 0 Å². The van der Waals surface area contributed by atoms with Crippen LogP contribution in [0.2, 0.25) is 0 Å². The Morgan fingerprint density at radius 1 is 1.00 bits per heavy atom. The van der Waals surface area contributed by atoms with Crippen molar-refractivity contribution in [1.29, 1.82) is 0 Å². The molecule has 0 radical (unpaired) electrons. The molecule has 0 bridgehead atoms. The number of halogens is 2. The number of benzene rings is 2. The second-order valence-electron chi connectivity index (χ2n) is 3.59. The van der Waals surface area contributed by atoms with Crippen LogP contribution in [-0.2, 0) is 0 Å². The van der Waals surface area contributed by atoms with Gasteiger partial charge < -0.3 is 5.73 Å². The quantitative estimate of drug-likeness (QED) is 0.893. The first kappa shape index (κ1) is 11.3. The lowest BCUT2D eigenvalue weighted by Gasteiger charge is -2.12. The zero-order valence-electron chi connectivity index (χ0n) is 8.53. The van der Waals surface area contributed by atoms with Crippen molar-refractivity contribution in [3.63, 3.8) is 0 Å². The van der Waals surface area contributed by atoms with E-state index < -0.39 is 0 Å². The van der Waals surface area contributed by atoms with Gasteiger partial charge in [0.05, 0.1) is 6.04 Å². The van der Waals surface area contributed by atoms with Gasteiger partial charge in [0.2, 0.25) is 0 Å². The summed E-state index contributed by atoms with van der Waals surface area (Å²) in [6, 6.07) is 13.8. The normalized spacial score (nSPS) is 12.4. The molecule has 0 heterocycles. The molecule has 0 amide bonds. The van der Waals surface area contributed by atoms with Crippen LogP contribution < -0.4 is 5.73 Å². The van der Waals surface area contributed by atoms with Crippen LogP contribution in [0.25, 0.3) is 0 Å². The first-order valence-corrected chi connectivity index (χ1v) is 5.72. The Kier molecular flexibility index (Phi) is 3.36. The number of nitrogens with two attached hydrogens (primary N) is 1. The lowest BCUT2D eigenvalue weighted by molar-refractivity contribution is 0.623. The molecule has 3 heteroatoms. The van der Waals surface area contributed by atoms with Gasteiger partial charge in [-0.2, -0.15) is 0 Å². The maximum Gasteiger partial charge on any atom is 0.123 e. The van der Waals surface area contributed by atoms with Crippen molar-refractivity contribution in [3.8, 4) is 0 Å². The van der Waals surface area contributed by atoms with E-state index in [1.165, 1.54) is 12.1 Å². The lowest BCUT2D eigenvalue weighted by atomic mass is 10.00. The summed E-state index contributed by atoms with van der Waals surface area (Å²) in [4.78, 5) is 0. The highest BCUT2D eigenvalue weighted by Crippen LogP contribution is 2.22. The molecule has 0 aliphatic carbocycles. The predicted molar refractivity (Wildman–Crippen MR) is 66.6 cm³/mol. The fraction of sp³-hybridized carbons (Fsp3) is 0.0769. The smallest absolute Gasteiger partial charge is 0.123 e. The molecule has 2 N–H and O–H groups in total. The van der Waals surface area contributed by atoms with Gasteiger partial charge in [0.25, 0.3) is 0 Å². The van der Waals surface area contributed by atoms with Crippen LogP contribution in [0.1, 0.15) is 17.2 Å². The van der Waals surface area contributed by atoms with Gasteiger partial charge in [-0.25, -0.2) is 4.39 Å². The maximum absolute atomic E-state index is 13.1. The third-order valence-electron chi connectivity index (χ3n) is 2.42. The van der Waals surface area contributed by atoms with Crippen LogP contribution >= 0.6 is 15.9 Å². The summed E-state index contributed by atoms with van der Waals surface area (Å²) in [5, 5.41) is 0. The van der Waals surface area contributed by atoms with E-state index in [2.05, 4.69) is 15.9 Å². The third kappa shape index (κ3) is 2.49. The highest BCUT2D eigenvalue weighted by molar-refractivity contribution is 9.10. The predicted octanol–water partition coefficient (Wildman–Crippen LogP) is 3.64. The van der Waals surface area contributed by atoms with Crippen molar-refractivity contribution in [2.45, 2.75) is 6.04 Å². The van der Waals surface area contributed by atoms with Crippen molar-refractivity contribution in [2.75, 3.05) is 0 Å². The molecule has 0 saturated carbocycles. The molecular formula is C13H11BrFN. The monoisotopic (exact) mass is 279 g/mol. The molecule has 82 valence electrons. The SMILES string of the molecule is N[C@@H](c1cccc(F)c1)c1cccc(Br)c1. The second-order valence-corrected chi connectivity index (χ2v) is 4.50. The Morgan fingerprint density at radius 3 is 2.25 bits per heavy atom. The summed E-state index contributed by atoms with van der Waals surface area (Å²) in [6.07, 6.45) is 0. The molecule has 0 fully saturated rings. The number of hydrogen-bond acceptors (Lipinski definition) is 1. The standard InChI is InChI=1S/C13H11BrFN/c14-11-5-1-3-9(7-11)13(16)10-4-2-6-12(15)8-10/h1-8,13H,16H2/t13-/m1/s1. The van der Waals surface area contributed by atoms with E-state index in [-0.39, 0.29) is 11.9 Å². The van der Waals surface area contributed by atoms with Crippen molar-refractivity contribution in [3.05, 3.63) is 69.9 Å². The highest BCUT2D eigenvalue weighted by Gasteiger charge is 2.09. The largest absolute Gasteiger partial charge is 0.320 e. The van der Waals surface area contributed by atoms with Gasteiger partial charge in [0, 0.05) is 4.47 Å². The molecule has 0 aromatic heterocycles. The molecule has 0 spiro atoms. The molecule has 0 saturated heterocycles. The lowest BCUT2D eigenvalue weighted by Crippen LogP contribution is -2.11. The molecule has 2 rings (SSSR count). The van der Waals surface area contributed by atoms with E-state index in [4.69, 9.17) is 5.73 Å². The van der Waals surface area contributed by atoms with Crippen LogP contribution in [0.15, 0.2) is 53.0 Å². The van der Waals surface area contributed by atoms with Gasteiger partial charge in [-0.05, 0) is 35.4 Å². The van der Waals surface area contributed by atoms with E-state index in [1.807, 2.05) is 30.3 Å². The van der Waals surface area contributed by atoms with Gasteiger partial charge in [-0.1, -0.05) is 40.2 Å². The fourth-order valence-corrected chi connectivity index (χ4v) is 2.01. The molecule has 0 aliphatic heterocycles. The van der Waals surface area contributed by atoms with Crippen molar-refractivity contribution in [1.82, 2.24) is 0 Å². The van der Waals surface area contributed by atoms with E-state index >= 15 is 0 Å². The summed E-state index contributed by atoms with van der Waals surface area (Å²) in [6.45, 7) is 0. The Morgan fingerprint density at radius 2 is 1.62 bits per heavy atom. The molecule has 2 aromatic rings. The van der Waals surface area contributed by atoms with Crippen molar-refractivity contribution in [2.24, 2.45) is 5.73 Å². The first-order valence-electron chi connectivity index (χ1n) is 4.93. The minimum atomic E-state index is -0.298. The van der Waals surface area contributed by atoms with Crippen molar-refractivity contribution >= 4 is 15.9 Å². The van der Waals surface area contributed by atoms with E-state index in [0.717, 1.165) is 15.6 Å². The van der Waals surface area contributed by atoms with Crippen LogP contribution in [0.4, 0.5) is 4.39 Å². The summed E-state index contributed by atoms with van der Waals surface area (Å²) in [7, 11) is 0. The summed E-state index contributed by atoms with van der Waals surface area (Å²) in [5.74, 6) is -0.261. The average Bonchev–Trinajstić information content (AvgIpc) is 2.28. The molecular weight excluding hydrogens is 269 g/mol. The summed E-state index contributed by atoms with van der Waals surface area (Å²) in [5.41, 5.74) is 7.80. The van der Waals surface area contributed by atoms with Crippen LogP contribution in [-0.4, -0.2) is 0 Å². The molecule has 1 atom stereocenters. The van der Waals surface area contributed by atoms with E-state index in [9.17, 15) is 4.39 Å². The Balaban J connectivity index is 2.35. The van der Waals surface area contributed by atoms with E-state index in [0.29, 0.717) is 0 Å². The van der Waals surface area contributed by atoms with Crippen LogP contribution in [0.3, 0.4) is 0 Å². The molecule has 16 heavy (non-hydrogen) atoms. The topological polar surface area (TPSA) is 26.0 Å². The summed E-state index contributed by atoms with van der Waals surface area (Å²) >= 11 is 3.39. The molecule has 0 unspecified atom stereocenters. The molecule has 1 nitrogen and oxygen atoms in total. The second kappa shape index (κ2) is 4.76. The van der Waals surface area contributed by atoms with E-state index in [1.54, 1.807) is 6.07 Å². The zero-order chi connectivity index (χ0) is 11.5. The number of rotatable bonds is 2. The average molecular weight is 280 g/mol. The minimum absolute atomic E-state index is 0.261. The third-order valence-corrected chi connectivity index (χ3v) is 2.91. The van der Waals surface area contributed by atoms with Gasteiger partial charge in [0.1, 0.15) is 5.82 Å². The Labute approximate surface area is 102 Å². The highest BCUT2D eigenvalue weighted by atomic mass is 79.9. The van der Waals surface area contributed by atoms with Crippen molar-refractivity contribution < 1.29 is 4.39 Å². The number of hydrogen-bond donors (Lipinski definition) is 1. The summed E-state index contributed by atoms with van der Waals surface area (Å²) < 4.78 is 14.0. The van der Waals surface area contributed by atoms with Crippen LogP contribution in [0.5, 0.6) is 0 Å². The minimum Gasteiger partial charge on any atom is -0.320 e. The Bertz CT molecular complexity index is 453. The molecule has 0 aliphatic rings. The maximum atomic E-state index is 13.1. The fourth-order valence-electron chi connectivity index (χ4n) is 1.59. The first-order chi connectivity index (χ1) is 7.66. The van der Waals surface area contributed by atoms with Gasteiger partial charge in [-0.3, -0.25) is 0 Å². The van der Waals surface area contributed by atoms with Gasteiger partial charge >= 0.3 is 0 Å². The Hall–Kier alpha value is -1.19. The molecule has 2 aromatic carbocycles. The van der Waals surface area contributed by atoms with Crippen LogP contribution in [0, 0.1) is 5.82 Å². The zero-order valence-corrected chi connectivity index (χ0v) is 10.1. The van der Waals surface area contributed by atoms with Gasteiger partial charge in [0.15, 0.2) is 0 Å².